The van der Waals surface area contributed by atoms with Gasteiger partial charge in [-0.2, -0.15) is 0 Å². The highest BCUT2D eigenvalue weighted by molar-refractivity contribution is 5.80. The minimum Gasteiger partial charge on any atom is -0.461 e. The van der Waals surface area contributed by atoms with Crippen molar-refractivity contribution in [3.63, 3.8) is 0 Å². The van der Waals surface area contributed by atoms with Gasteiger partial charge in [-0.25, -0.2) is 0 Å². The van der Waals surface area contributed by atoms with Crippen LogP contribution >= 0.6 is 0 Å². The van der Waals surface area contributed by atoms with Gasteiger partial charge in [0.2, 0.25) is 0 Å². The van der Waals surface area contributed by atoms with Crippen molar-refractivity contribution in [1.82, 2.24) is 0 Å². The molecule has 4 nitrogen and oxygen atoms in total. The molecule has 0 spiro atoms. The molecule has 0 amide bonds. The fourth-order valence-electron chi connectivity index (χ4n) is 9.83. The fourth-order valence-corrected chi connectivity index (χ4v) is 9.83. The largest absolute Gasteiger partial charge is 0.461 e. The molecule has 4 aliphatic carbocycles. The number of allylic oxidation sites excluding steroid dienone is 1. The molecule has 2 N–H and O–H groups in total. The number of carbonyl (C=O) groups is 1. The van der Waals surface area contributed by atoms with E-state index in [0.717, 1.165) is 24.8 Å². The maximum absolute atomic E-state index is 13.1. The topological polar surface area (TPSA) is 66.8 Å². The van der Waals surface area contributed by atoms with Gasteiger partial charge in [0.1, 0.15) is 6.10 Å². The van der Waals surface area contributed by atoms with Crippen molar-refractivity contribution in [2.45, 2.75) is 91.8 Å². The van der Waals surface area contributed by atoms with Gasteiger partial charge in [-0.1, -0.05) is 40.2 Å². The summed E-state index contributed by atoms with van der Waals surface area (Å²) in [5.41, 5.74) is 0.897. The monoisotopic (exact) mass is 416 g/mol. The van der Waals surface area contributed by atoms with E-state index in [1.807, 2.05) is 0 Å². The number of aliphatic hydroxyl groups excluding tert-OH is 2. The lowest BCUT2D eigenvalue weighted by Crippen LogP contribution is -2.66. The number of rotatable bonds is 2. The molecule has 4 fully saturated rings. The van der Waals surface area contributed by atoms with Crippen molar-refractivity contribution in [2.24, 2.45) is 45.3 Å². The Bertz CT molecular complexity index is 784. The summed E-state index contributed by atoms with van der Waals surface area (Å²) >= 11 is 0. The molecule has 4 heteroatoms. The molecule has 9 atom stereocenters. The molecule has 3 saturated carbocycles. The standard InChI is InChI=1S/C26H40O4/c1-15(28)16-7-8-18-24(4)12-9-17-23(2,3)10-6-11-26(17,14-27)19(24)13-20-25(18,5)21(16)22(29)30-20/h7,15,17-21,27-28H,6,8-14H2,1-5H3/t15-,17-,18-,19-,20-,21-,24+,25-,26-/m1/s1. The summed E-state index contributed by atoms with van der Waals surface area (Å²) in [5, 5.41) is 21.3. The maximum atomic E-state index is 13.1. The van der Waals surface area contributed by atoms with Crippen LogP contribution in [0.25, 0.3) is 0 Å². The Morgan fingerprint density at radius 1 is 1.13 bits per heavy atom. The van der Waals surface area contributed by atoms with E-state index in [-0.39, 0.29) is 46.3 Å². The summed E-state index contributed by atoms with van der Waals surface area (Å²) in [7, 11) is 0. The lowest BCUT2D eigenvalue weighted by molar-refractivity contribution is -0.231. The van der Waals surface area contributed by atoms with Crippen LogP contribution in [0.3, 0.4) is 0 Å². The second-order valence-electron chi connectivity index (χ2n) is 12.5. The molecule has 5 rings (SSSR count). The van der Waals surface area contributed by atoms with Gasteiger partial charge in [0, 0.05) is 17.4 Å². The van der Waals surface area contributed by atoms with Gasteiger partial charge in [-0.05, 0) is 79.6 Å². The molecular weight excluding hydrogens is 376 g/mol. The average Bonchev–Trinajstić information content (AvgIpc) is 2.93. The summed E-state index contributed by atoms with van der Waals surface area (Å²) in [6.45, 7) is 11.6. The van der Waals surface area contributed by atoms with Gasteiger partial charge in [0.15, 0.2) is 0 Å². The van der Waals surface area contributed by atoms with Gasteiger partial charge >= 0.3 is 5.97 Å². The molecule has 1 saturated heterocycles. The van der Waals surface area contributed by atoms with Crippen LogP contribution in [0.15, 0.2) is 11.6 Å². The lowest BCUT2D eigenvalue weighted by atomic mass is 9.34. The number of fused-ring (bicyclic) bond motifs is 4. The Kier molecular flexibility index (Phi) is 4.44. The van der Waals surface area contributed by atoms with Crippen molar-refractivity contribution in [1.29, 1.82) is 0 Å². The number of esters is 1. The quantitative estimate of drug-likeness (QED) is 0.514. The number of aliphatic hydroxyl groups is 2. The molecule has 0 bridgehead atoms. The van der Waals surface area contributed by atoms with E-state index < -0.39 is 6.10 Å². The second kappa shape index (κ2) is 6.34. The van der Waals surface area contributed by atoms with E-state index >= 15 is 0 Å². The van der Waals surface area contributed by atoms with Crippen molar-refractivity contribution in [3.8, 4) is 0 Å². The molecule has 5 aliphatic rings. The minimum atomic E-state index is -0.608. The smallest absolute Gasteiger partial charge is 0.314 e. The van der Waals surface area contributed by atoms with E-state index in [4.69, 9.17) is 4.74 Å². The van der Waals surface area contributed by atoms with Crippen LogP contribution in [0.2, 0.25) is 0 Å². The van der Waals surface area contributed by atoms with E-state index in [0.29, 0.717) is 17.8 Å². The van der Waals surface area contributed by atoms with Crippen LogP contribution in [0, 0.1) is 45.3 Å². The van der Waals surface area contributed by atoms with Gasteiger partial charge in [0.25, 0.3) is 0 Å². The Balaban J connectivity index is 1.63. The predicted molar refractivity (Wildman–Crippen MR) is 115 cm³/mol. The number of hydrogen-bond donors (Lipinski definition) is 2. The molecule has 1 aliphatic heterocycles. The molecule has 0 radical (unpaired) electrons. The van der Waals surface area contributed by atoms with Crippen LogP contribution in [0.1, 0.15) is 79.6 Å². The molecule has 0 aromatic heterocycles. The zero-order chi connectivity index (χ0) is 21.7. The Labute approximate surface area is 181 Å². The zero-order valence-corrected chi connectivity index (χ0v) is 19.4. The van der Waals surface area contributed by atoms with Crippen molar-refractivity contribution in [3.05, 3.63) is 11.6 Å². The summed E-state index contributed by atoms with van der Waals surface area (Å²) in [4.78, 5) is 13.1. The number of carbonyl (C=O) groups excluding carboxylic acids is 1. The van der Waals surface area contributed by atoms with Crippen LogP contribution in [0.4, 0.5) is 0 Å². The van der Waals surface area contributed by atoms with Crippen LogP contribution in [-0.2, 0) is 9.53 Å². The van der Waals surface area contributed by atoms with Gasteiger partial charge in [-0.3, -0.25) is 4.79 Å². The normalized spacial score (nSPS) is 52.4. The first-order valence-electron chi connectivity index (χ1n) is 12.2. The first-order valence-corrected chi connectivity index (χ1v) is 12.2. The summed E-state index contributed by atoms with van der Waals surface area (Å²) in [6, 6.07) is 0. The molecule has 168 valence electrons. The van der Waals surface area contributed by atoms with E-state index in [2.05, 4.69) is 33.8 Å². The van der Waals surface area contributed by atoms with E-state index in [9.17, 15) is 15.0 Å². The first kappa shape index (κ1) is 21.0. The number of hydrogen-bond acceptors (Lipinski definition) is 4. The molecule has 1 heterocycles. The van der Waals surface area contributed by atoms with Crippen LogP contribution in [-0.4, -0.2) is 35.0 Å². The molecule has 0 aromatic rings. The Morgan fingerprint density at radius 2 is 1.87 bits per heavy atom. The third-order valence-electron chi connectivity index (χ3n) is 11.1. The van der Waals surface area contributed by atoms with Crippen molar-refractivity contribution in [2.75, 3.05) is 6.61 Å². The fraction of sp³-hybridized carbons (Fsp3) is 0.885. The Hall–Kier alpha value is -0.870. The van der Waals surface area contributed by atoms with Crippen molar-refractivity contribution >= 4 is 5.97 Å². The third-order valence-corrected chi connectivity index (χ3v) is 11.1. The first-order chi connectivity index (χ1) is 14.0. The van der Waals surface area contributed by atoms with Gasteiger partial charge in [-0.15, -0.1) is 0 Å². The average molecular weight is 417 g/mol. The molecule has 30 heavy (non-hydrogen) atoms. The molecular formula is C26H40O4. The van der Waals surface area contributed by atoms with E-state index in [1.165, 1.54) is 25.7 Å². The third kappa shape index (κ3) is 2.33. The van der Waals surface area contributed by atoms with Crippen molar-refractivity contribution < 1.29 is 19.7 Å². The van der Waals surface area contributed by atoms with Crippen LogP contribution < -0.4 is 0 Å². The summed E-state index contributed by atoms with van der Waals surface area (Å²) < 4.78 is 6.11. The zero-order valence-electron chi connectivity index (χ0n) is 19.4. The van der Waals surface area contributed by atoms with Crippen LogP contribution in [0.5, 0.6) is 0 Å². The predicted octanol–water partition coefficient (Wildman–Crippen LogP) is 4.49. The molecule has 0 unspecified atom stereocenters. The SMILES string of the molecule is C[C@@H](O)C1=CC[C@@H]2[C@]3(C)CC[C@@H]4C(C)(C)CCC[C@]4(CO)[C@@H]3C[C@H]3OC(=O)[C@@H]1[C@]23C. The molecule has 0 aromatic carbocycles. The maximum Gasteiger partial charge on any atom is 0.314 e. The summed E-state index contributed by atoms with van der Waals surface area (Å²) in [5.74, 6) is 0.808. The second-order valence-corrected chi connectivity index (χ2v) is 12.5. The highest BCUT2D eigenvalue weighted by Crippen LogP contribution is 2.74. The highest BCUT2D eigenvalue weighted by Gasteiger charge is 2.73. The minimum absolute atomic E-state index is 0.0607. The Morgan fingerprint density at radius 3 is 2.53 bits per heavy atom. The van der Waals surface area contributed by atoms with E-state index in [1.54, 1.807) is 6.92 Å². The van der Waals surface area contributed by atoms with Gasteiger partial charge in [0.05, 0.1) is 12.0 Å². The summed E-state index contributed by atoms with van der Waals surface area (Å²) in [6.07, 6.45) is 9.07. The highest BCUT2D eigenvalue weighted by atomic mass is 16.6. The lowest BCUT2D eigenvalue weighted by Gasteiger charge is -2.69. The number of ether oxygens (including phenoxy) is 1. The van der Waals surface area contributed by atoms with Gasteiger partial charge < -0.3 is 14.9 Å².